The van der Waals surface area contributed by atoms with E-state index in [2.05, 4.69) is 65.6 Å². The standard InChI is InChI=1S/C30H30N4OS/c1-22-27(23(2)35)29(31-30(36)34(22)26-16-10-5-11-17-26)33-20-18-32(19-21-33)28(24-12-6-3-7-13-24)25-14-8-4-9-15-25/h3-17,28H,18-21H2,1-2H3/p+1. The van der Waals surface area contributed by atoms with Gasteiger partial charge in [0.25, 0.3) is 0 Å². The van der Waals surface area contributed by atoms with Crippen LogP contribution in [0.15, 0.2) is 91.0 Å². The Balaban J connectivity index is 1.46. The summed E-state index contributed by atoms with van der Waals surface area (Å²) in [6.07, 6.45) is 0. The Bertz CT molecular complexity index is 1360. The van der Waals surface area contributed by atoms with Crippen LogP contribution in [0.3, 0.4) is 0 Å². The van der Waals surface area contributed by atoms with Crippen molar-refractivity contribution in [1.82, 2.24) is 9.55 Å². The highest BCUT2D eigenvalue weighted by atomic mass is 32.1. The second-order valence-electron chi connectivity index (χ2n) is 9.31. The maximum atomic E-state index is 12.8. The van der Waals surface area contributed by atoms with Crippen molar-refractivity contribution in [3.05, 3.63) is 118 Å². The summed E-state index contributed by atoms with van der Waals surface area (Å²) in [5, 5.41) is 0. The van der Waals surface area contributed by atoms with Crippen molar-refractivity contribution in [1.29, 1.82) is 0 Å². The van der Waals surface area contributed by atoms with Crippen molar-refractivity contribution in [2.24, 2.45) is 0 Å². The fraction of sp³-hybridized carbons (Fsp3) is 0.233. The molecule has 0 unspecified atom stereocenters. The zero-order chi connectivity index (χ0) is 25.1. The third-order valence-electron chi connectivity index (χ3n) is 7.06. The minimum atomic E-state index is 0.0101. The third kappa shape index (κ3) is 4.74. The van der Waals surface area contributed by atoms with Gasteiger partial charge in [0.2, 0.25) is 4.77 Å². The number of nitrogens with one attached hydrogen (secondary N) is 1. The van der Waals surface area contributed by atoms with Crippen LogP contribution < -0.4 is 9.80 Å². The highest BCUT2D eigenvalue weighted by molar-refractivity contribution is 7.71. The first-order chi connectivity index (χ1) is 17.5. The van der Waals surface area contributed by atoms with Crippen LogP contribution in [-0.2, 0) is 0 Å². The Labute approximate surface area is 217 Å². The van der Waals surface area contributed by atoms with E-state index in [1.54, 1.807) is 6.92 Å². The number of nitrogens with zero attached hydrogens (tertiary/aromatic N) is 3. The molecule has 1 fully saturated rings. The Morgan fingerprint density at radius 1 is 0.861 bits per heavy atom. The molecule has 0 aliphatic carbocycles. The highest BCUT2D eigenvalue weighted by Crippen LogP contribution is 2.26. The van der Waals surface area contributed by atoms with Crippen molar-refractivity contribution in [3.8, 4) is 5.69 Å². The Morgan fingerprint density at radius 2 is 1.36 bits per heavy atom. The van der Waals surface area contributed by atoms with Gasteiger partial charge in [-0.3, -0.25) is 9.36 Å². The van der Waals surface area contributed by atoms with E-state index >= 15 is 0 Å². The molecule has 6 heteroatoms. The summed E-state index contributed by atoms with van der Waals surface area (Å²) in [5.41, 5.74) is 5.05. The van der Waals surface area contributed by atoms with Gasteiger partial charge in [-0.1, -0.05) is 78.9 Å². The molecule has 182 valence electrons. The fourth-order valence-electron chi connectivity index (χ4n) is 5.38. The summed E-state index contributed by atoms with van der Waals surface area (Å²) < 4.78 is 2.37. The number of rotatable bonds is 6. The quantitative estimate of drug-likeness (QED) is 0.313. The van der Waals surface area contributed by atoms with Gasteiger partial charge in [0.15, 0.2) is 5.78 Å². The zero-order valence-electron chi connectivity index (χ0n) is 20.7. The van der Waals surface area contributed by atoms with Gasteiger partial charge in [0.1, 0.15) is 11.9 Å². The number of benzene rings is 3. The molecule has 1 aliphatic heterocycles. The molecule has 0 atom stereocenters. The second kappa shape index (κ2) is 10.6. The van der Waals surface area contributed by atoms with E-state index in [9.17, 15) is 4.79 Å². The lowest BCUT2D eigenvalue weighted by molar-refractivity contribution is -0.926. The average molecular weight is 496 g/mol. The molecule has 1 N–H and O–H groups in total. The number of ketones is 1. The smallest absolute Gasteiger partial charge is 0.206 e. The normalized spacial score (nSPS) is 14.2. The molecule has 2 heterocycles. The molecule has 0 saturated carbocycles. The van der Waals surface area contributed by atoms with Crippen molar-refractivity contribution < 1.29 is 9.69 Å². The Kier molecular flexibility index (Phi) is 7.07. The van der Waals surface area contributed by atoms with Gasteiger partial charge >= 0.3 is 0 Å². The lowest BCUT2D eigenvalue weighted by Crippen LogP contribution is -3.15. The fourth-order valence-corrected chi connectivity index (χ4v) is 5.71. The van der Waals surface area contributed by atoms with Crippen molar-refractivity contribution in [2.75, 3.05) is 31.1 Å². The van der Waals surface area contributed by atoms with Crippen molar-refractivity contribution in [2.45, 2.75) is 19.9 Å². The predicted molar refractivity (Wildman–Crippen MR) is 147 cm³/mol. The number of carbonyl (C=O) groups excluding carboxylic acids is 1. The largest absolute Gasteiger partial charge is 0.345 e. The van der Waals surface area contributed by atoms with Gasteiger partial charge < -0.3 is 9.80 Å². The lowest BCUT2D eigenvalue weighted by atomic mass is 9.96. The molecule has 4 aromatic rings. The van der Waals surface area contributed by atoms with Crippen molar-refractivity contribution in [3.63, 3.8) is 0 Å². The van der Waals surface area contributed by atoms with Crippen LogP contribution in [0.1, 0.15) is 40.1 Å². The monoisotopic (exact) mass is 495 g/mol. The van der Waals surface area contributed by atoms with Crippen LogP contribution in [0.4, 0.5) is 5.82 Å². The van der Waals surface area contributed by atoms with Gasteiger partial charge in [-0.2, -0.15) is 0 Å². The van der Waals surface area contributed by atoms with E-state index in [4.69, 9.17) is 17.2 Å². The van der Waals surface area contributed by atoms with Gasteiger partial charge in [-0.15, -0.1) is 0 Å². The molecular weight excluding hydrogens is 464 g/mol. The highest BCUT2D eigenvalue weighted by Gasteiger charge is 2.32. The van der Waals surface area contributed by atoms with E-state index in [0.29, 0.717) is 16.2 Å². The summed E-state index contributed by atoms with van der Waals surface area (Å²) in [4.78, 5) is 21.4. The number of aromatic nitrogens is 2. The number of carbonyl (C=O) groups is 1. The molecule has 5 rings (SSSR count). The van der Waals surface area contributed by atoms with E-state index in [1.807, 2.05) is 41.8 Å². The van der Waals surface area contributed by atoms with E-state index in [1.165, 1.54) is 16.0 Å². The molecule has 3 aromatic carbocycles. The first-order valence-electron chi connectivity index (χ1n) is 12.4. The van der Waals surface area contributed by atoms with Gasteiger partial charge in [-0.05, 0) is 38.2 Å². The zero-order valence-corrected chi connectivity index (χ0v) is 21.5. The third-order valence-corrected chi connectivity index (χ3v) is 7.33. The summed E-state index contributed by atoms with van der Waals surface area (Å²) in [6.45, 7) is 7.08. The Hall–Kier alpha value is -3.61. The lowest BCUT2D eigenvalue weighted by Gasteiger charge is -2.38. The Morgan fingerprint density at radius 3 is 1.86 bits per heavy atom. The predicted octanol–water partition coefficient (Wildman–Crippen LogP) is 4.61. The van der Waals surface area contributed by atoms with Crippen LogP contribution in [-0.4, -0.2) is 41.5 Å². The molecular formula is C30H31N4OS+. The second-order valence-corrected chi connectivity index (χ2v) is 9.67. The van der Waals surface area contributed by atoms with Crippen molar-refractivity contribution >= 4 is 23.8 Å². The van der Waals surface area contributed by atoms with Gasteiger partial charge in [0.05, 0.1) is 31.7 Å². The van der Waals surface area contributed by atoms with Crippen LogP contribution >= 0.6 is 12.2 Å². The number of anilines is 1. The minimum absolute atomic E-state index is 0.0101. The molecule has 0 bridgehead atoms. The molecule has 1 aromatic heterocycles. The van der Waals surface area contributed by atoms with Crippen LogP contribution in [0.5, 0.6) is 0 Å². The first kappa shape index (κ1) is 24.1. The van der Waals surface area contributed by atoms with E-state index in [0.717, 1.165) is 37.6 Å². The van der Waals surface area contributed by atoms with Crippen LogP contribution in [0.2, 0.25) is 0 Å². The van der Waals surface area contributed by atoms with Gasteiger partial charge in [0, 0.05) is 22.5 Å². The molecule has 36 heavy (non-hydrogen) atoms. The molecule has 5 nitrogen and oxygen atoms in total. The number of quaternary nitrogens is 1. The summed E-state index contributed by atoms with van der Waals surface area (Å²) >= 11 is 5.73. The molecule has 1 aliphatic rings. The topological polar surface area (TPSA) is 42.6 Å². The number of piperazine rings is 1. The number of hydrogen-bond donors (Lipinski definition) is 1. The minimum Gasteiger partial charge on any atom is -0.345 e. The summed E-state index contributed by atoms with van der Waals surface area (Å²) in [6, 6.07) is 31.6. The first-order valence-corrected chi connectivity index (χ1v) is 12.8. The average Bonchev–Trinajstić information content (AvgIpc) is 2.90. The van der Waals surface area contributed by atoms with Crippen LogP contribution in [0.25, 0.3) is 5.69 Å². The maximum absolute atomic E-state index is 12.8. The molecule has 1 saturated heterocycles. The summed E-state index contributed by atoms with van der Waals surface area (Å²) in [5.74, 6) is 0.725. The molecule has 0 amide bonds. The SMILES string of the molecule is CC(=O)c1c(N2CC[NH+](C(c3ccccc3)c3ccccc3)CC2)nc(=S)n(-c2ccccc2)c1C. The number of hydrogen-bond acceptors (Lipinski definition) is 4. The van der Waals surface area contributed by atoms with E-state index < -0.39 is 0 Å². The number of para-hydroxylation sites is 1. The summed E-state index contributed by atoms with van der Waals surface area (Å²) in [7, 11) is 0. The van der Waals surface area contributed by atoms with Gasteiger partial charge in [-0.25, -0.2) is 4.98 Å². The van der Waals surface area contributed by atoms with E-state index in [-0.39, 0.29) is 11.8 Å². The molecule has 0 radical (unpaired) electrons. The molecule has 0 spiro atoms. The van der Waals surface area contributed by atoms with Crippen LogP contribution in [0, 0.1) is 11.7 Å². The maximum Gasteiger partial charge on any atom is 0.206 e. The number of Topliss-reactive ketones (excluding diaryl/α,β-unsaturated/α-hetero) is 1.